The Morgan fingerprint density at radius 3 is 2.67 bits per heavy atom. The molecule has 0 saturated carbocycles. The Bertz CT molecular complexity index is 356. The van der Waals surface area contributed by atoms with E-state index in [2.05, 4.69) is 57.4 Å². The molecule has 1 aliphatic heterocycles. The van der Waals surface area contributed by atoms with Crippen molar-refractivity contribution in [3.63, 3.8) is 0 Å². The van der Waals surface area contributed by atoms with Gasteiger partial charge in [-0.25, -0.2) is 0 Å². The number of halogens is 1. The molecule has 2 nitrogen and oxygen atoms in total. The summed E-state index contributed by atoms with van der Waals surface area (Å²) in [4.78, 5) is 4.42. The summed E-state index contributed by atoms with van der Waals surface area (Å²) in [5.74, 6) is 1.16. The Hall–Kier alpha value is -0.830. The maximum absolute atomic E-state index is 4.42. The first-order valence-electron chi connectivity index (χ1n) is 5.31. The van der Waals surface area contributed by atoms with Gasteiger partial charge in [-0.05, 0) is 31.0 Å². The van der Waals surface area contributed by atoms with Crippen LogP contribution in [0.2, 0.25) is 0 Å². The first kappa shape index (κ1) is 10.7. The minimum Gasteiger partial charge on any atom is -0.367 e. The molecule has 0 fully saturated rings. The average molecular weight is 267 g/mol. The van der Waals surface area contributed by atoms with Gasteiger partial charge in [-0.2, -0.15) is 0 Å². The molecule has 1 aromatic carbocycles. The molecule has 1 atom stereocenters. The standard InChI is InChI=1S/C12H15BrN2/c1-9(15-12-3-2-8-14-12)10-4-6-11(13)7-5-10/h4-7,9H,2-3,8H2,1H3,(H,14,15). The van der Waals surface area contributed by atoms with Crippen LogP contribution in [0.1, 0.15) is 31.4 Å². The Kier molecular flexibility index (Phi) is 3.41. The van der Waals surface area contributed by atoms with Crippen molar-refractivity contribution in [3.8, 4) is 0 Å². The topological polar surface area (TPSA) is 24.4 Å². The summed E-state index contributed by atoms with van der Waals surface area (Å²) in [6.07, 6.45) is 2.29. The molecule has 0 radical (unpaired) electrons. The Balaban J connectivity index is 2.00. The number of benzene rings is 1. The van der Waals surface area contributed by atoms with E-state index in [-0.39, 0.29) is 0 Å². The zero-order valence-electron chi connectivity index (χ0n) is 8.83. The number of nitrogens with zero attached hydrogens (tertiary/aromatic N) is 1. The second kappa shape index (κ2) is 4.79. The summed E-state index contributed by atoms with van der Waals surface area (Å²) >= 11 is 3.44. The Labute approximate surface area is 98.9 Å². The van der Waals surface area contributed by atoms with Gasteiger partial charge in [-0.3, -0.25) is 4.99 Å². The van der Waals surface area contributed by atoms with Gasteiger partial charge in [0.05, 0.1) is 5.84 Å². The molecule has 80 valence electrons. The highest BCUT2D eigenvalue weighted by atomic mass is 79.9. The van der Waals surface area contributed by atoms with Crippen LogP contribution in [0.25, 0.3) is 0 Å². The molecule has 3 heteroatoms. The number of amidine groups is 1. The van der Waals surface area contributed by atoms with E-state index in [0.29, 0.717) is 6.04 Å². The van der Waals surface area contributed by atoms with Crippen molar-refractivity contribution in [1.82, 2.24) is 5.32 Å². The molecule has 0 saturated heterocycles. The third-order valence-electron chi connectivity index (χ3n) is 2.63. The highest BCUT2D eigenvalue weighted by Gasteiger charge is 2.10. The van der Waals surface area contributed by atoms with Crippen LogP contribution in [0, 0.1) is 0 Å². The first-order chi connectivity index (χ1) is 7.25. The van der Waals surface area contributed by atoms with Gasteiger partial charge in [-0.15, -0.1) is 0 Å². The van der Waals surface area contributed by atoms with Crippen molar-refractivity contribution in [1.29, 1.82) is 0 Å². The SMILES string of the molecule is CC(NC1=NCCC1)c1ccc(Br)cc1. The summed E-state index contributed by atoms with van der Waals surface area (Å²) in [6, 6.07) is 8.76. The smallest absolute Gasteiger partial charge is 0.0968 e. The molecule has 1 N–H and O–H groups in total. The summed E-state index contributed by atoms with van der Waals surface area (Å²) in [6.45, 7) is 3.15. The molecular weight excluding hydrogens is 252 g/mol. The molecule has 0 aliphatic carbocycles. The predicted molar refractivity (Wildman–Crippen MR) is 67.2 cm³/mol. The highest BCUT2D eigenvalue weighted by molar-refractivity contribution is 9.10. The third kappa shape index (κ3) is 2.81. The van der Waals surface area contributed by atoms with Gasteiger partial charge in [-0.1, -0.05) is 28.1 Å². The minimum atomic E-state index is 0.343. The third-order valence-corrected chi connectivity index (χ3v) is 3.16. The number of hydrogen-bond donors (Lipinski definition) is 1. The largest absolute Gasteiger partial charge is 0.367 e. The number of hydrogen-bond acceptors (Lipinski definition) is 2. The van der Waals surface area contributed by atoms with Crippen molar-refractivity contribution < 1.29 is 0 Å². The van der Waals surface area contributed by atoms with Crippen molar-refractivity contribution in [2.75, 3.05) is 6.54 Å². The van der Waals surface area contributed by atoms with E-state index in [4.69, 9.17) is 0 Å². The van der Waals surface area contributed by atoms with E-state index in [1.54, 1.807) is 0 Å². The van der Waals surface area contributed by atoms with E-state index >= 15 is 0 Å². The molecular formula is C12H15BrN2. The van der Waals surface area contributed by atoms with E-state index in [1.165, 1.54) is 12.0 Å². The zero-order chi connectivity index (χ0) is 10.7. The van der Waals surface area contributed by atoms with Crippen LogP contribution in [0.4, 0.5) is 0 Å². The van der Waals surface area contributed by atoms with E-state index in [1.807, 2.05) is 0 Å². The summed E-state index contributed by atoms with van der Waals surface area (Å²) in [5.41, 5.74) is 1.30. The lowest BCUT2D eigenvalue weighted by molar-refractivity contribution is 0.709. The molecule has 1 unspecified atom stereocenters. The van der Waals surface area contributed by atoms with Crippen LogP contribution in [0.3, 0.4) is 0 Å². The summed E-state index contributed by atoms with van der Waals surface area (Å²) in [7, 11) is 0. The van der Waals surface area contributed by atoms with Crippen LogP contribution in [-0.4, -0.2) is 12.4 Å². The minimum absolute atomic E-state index is 0.343. The van der Waals surface area contributed by atoms with Crippen LogP contribution >= 0.6 is 15.9 Å². The zero-order valence-corrected chi connectivity index (χ0v) is 10.4. The fourth-order valence-corrected chi connectivity index (χ4v) is 2.01. The van der Waals surface area contributed by atoms with Crippen molar-refractivity contribution >= 4 is 21.8 Å². The van der Waals surface area contributed by atoms with Crippen LogP contribution in [0.15, 0.2) is 33.7 Å². The lowest BCUT2D eigenvalue weighted by Crippen LogP contribution is -2.24. The first-order valence-corrected chi connectivity index (χ1v) is 6.10. The van der Waals surface area contributed by atoms with Gasteiger partial charge >= 0.3 is 0 Å². The number of aliphatic imine (C=N–C) groups is 1. The Morgan fingerprint density at radius 1 is 1.33 bits per heavy atom. The molecule has 0 bridgehead atoms. The summed E-state index contributed by atoms with van der Waals surface area (Å²) < 4.78 is 1.12. The number of rotatable bonds is 2. The monoisotopic (exact) mass is 266 g/mol. The second-order valence-electron chi connectivity index (χ2n) is 3.85. The molecule has 1 heterocycles. The average Bonchev–Trinajstić information content (AvgIpc) is 2.71. The molecule has 0 spiro atoms. The molecule has 1 aliphatic rings. The normalized spacial score (nSPS) is 17.3. The fraction of sp³-hybridized carbons (Fsp3) is 0.417. The van der Waals surface area contributed by atoms with Gasteiger partial charge in [0, 0.05) is 23.5 Å². The van der Waals surface area contributed by atoms with Gasteiger partial charge in [0.25, 0.3) is 0 Å². The molecule has 0 aromatic heterocycles. The van der Waals surface area contributed by atoms with Crippen LogP contribution < -0.4 is 5.32 Å². The maximum atomic E-state index is 4.42. The van der Waals surface area contributed by atoms with Crippen molar-refractivity contribution in [2.45, 2.75) is 25.8 Å². The van der Waals surface area contributed by atoms with Crippen molar-refractivity contribution in [3.05, 3.63) is 34.3 Å². The van der Waals surface area contributed by atoms with Gasteiger partial charge in [0.15, 0.2) is 0 Å². The number of nitrogens with one attached hydrogen (secondary N) is 1. The summed E-state index contributed by atoms with van der Waals surface area (Å²) in [5, 5.41) is 3.45. The van der Waals surface area contributed by atoms with Crippen LogP contribution in [0.5, 0.6) is 0 Å². The maximum Gasteiger partial charge on any atom is 0.0968 e. The van der Waals surface area contributed by atoms with Crippen molar-refractivity contribution in [2.24, 2.45) is 4.99 Å². The predicted octanol–water partition coefficient (Wildman–Crippen LogP) is 3.29. The van der Waals surface area contributed by atoms with Gasteiger partial charge in [0.1, 0.15) is 0 Å². The molecule has 0 amide bonds. The second-order valence-corrected chi connectivity index (χ2v) is 4.77. The van der Waals surface area contributed by atoms with Gasteiger partial charge < -0.3 is 5.32 Å². The van der Waals surface area contributed by atoms with Crippen LogP contribution in [-0.2, 0) is 0 Å². The van der Waals surface area contributed by atoms with E-state index in [9.17, 15) is 0 Å². The van der Waals surface area contributed by atoms with E-state index < -0.39 is 0 Å². The quantitative estimate of drug-likeness (QED) is 0.873. The molecule has 1 aromatic rings. The molecule has 15 heavy (non-hydrogen) atoms. The molecule has 2 rings (SSSR count). The Morgan fingerprint density at radius 2 is 2.07 bits per heavy atom. The lowest BCUT2D eigenvalue weighted by Gasteiger charge is -2.15. The lowest BCUT2D eigenvalue weighted by atomic mass is 10.1. The van der Waals surface area contributed by atoms with E-state index in [0.717, 1.165) is 23.3 Å². The highest BCUT2D eigenvalue weighted by Crippen LogP contribution is 2.17. The fourth-order valence-electron chi connectivity index (χ4n) is 1.74. The van der Waals surface area contributed by atoms with Gasteiger partial charge in [0.2, 0.25) is 0 Å².